The van der Waals surface area contributed by atoms with Crippen LogP contribution in [0, 0.1) is 29.1 Å². The number of carbonyl (C=O) groups excluding carboxylic acids is 3. The fourth-order valence-corrected chi connectivity index (χ4v) is 9.43. The highest BCUT2D eigenvalue weighted by Gasteiger charge is 2.67. The van der Waals surface area contributed by atoms with Gasteiger partial charge in [-0.05, 0) is 104 Å². The van der Waals surface area contributed by atoms with E-state index in [0.717, 1.165) is 51.0 Å². The van der Waals surface area contributed by atoms with Gasteiger partial charge in [0.2, 0.25) is 0 Å². The zero-order valence-electron chi connectivity index (χ0n) is 27.7. The van der Waals surface area contributed by atoms with Gasteiger partial charge in [0.25, 0.3) is 0 Å². The average molecular weight is 581 g/mol. The molecule has 228 valence electrons. The lowest BCUT2D eigenvalue weighted by atomic mass is 9.37. The van der Waals surface area contributed by atoms with Crippen LogP contribution in [0.4, 0.5) is 0 Å². The highest BCUT2D eigenvalue weighted by atomic mass is 16.3. The molecule has 1 N–H and O–H groups in total. The van der Waals surface area contributed by atoms with Gasteiger partial charge < -0.3 is 5.11 Å². The fourth-order valence-electron chi connectivity index (χ4n) is 9.43. The first kappa shape index (κ1) is 31.3. The van der Waals surface area contributed by atoms with Crippen LogP contribution in [0.3, 0.4) is 0 Å². The number of aliphatic hydroxyl groups is 1. The van der Waals surface area contributed by atoms with Gasteiger partial charge in [-0.1, -0.05) is 82.2 Å². The van der Waals surface area contributed by atoms with E-state index in [1.165, 1.54) is 12.5 Å². The molecule has 4 nitrogen and oxygen atoms in total. The lowest BCUT2D eigenvalue weighted by Crippen LogP contribution is -2.61. The van der Waals surface area contributed by atoms with Crippen LogP contribution in [0.15, 0.2) is 58.7 Å². The van der Waals surface area contributed by atoms with E-state index in [2.05, 4.69) is 58.9 Å². The number of carbonyl (C=O) groups is 3. The summed E-state index contributed by atoms with van der Waals surface area (Å²) in [5.41, 5.74) is 7.45. The van der Waals surface area contributed by atoms with E-state index in [0.29, 0.717) is 24.8 Å². The molecule has 3 aliphatic carbocycles. The molecule has 2 aromatic carbocycles. The molecule has 0 bridgehead atoms. The number of Topliss-reactive ketones (excluding diaryl/α,β-unsaturated/α-hetero) is 3. The number of rotatable bonds is 6. The van der Waals surface area contributed by atoms with Crippen molar-refractivity contribution in [2.45, 2.75) is 107 Å². The summed E-state index contributed by atoms with van der Waals surface area (Å²) in [6.45, 7) is 20.6. The molecule has 0 saturated heterocycles. The first-order chi connectivity index (χ1) is 20.0. The van der Waals surface area contributed by atoms with Crippen LogP contribution < -0.4 is 0 Å². The molecule has 0 aromatic heterocycles. The zero-order valence-corrected chi connectivity index (χ0v) is 27.7. The largest absolute Gasteiger partial charge is 0.384 e. The van der Waals surface area contributed by atoms with E-state index < -0.39 is 22.3 Å². The van der Waals surface area contributed by atoms with Crippen molar-refractivity contribution in [3.63, 3.8) is 0 Å². The van der Waals surface area contributed by atoms with Crippen LogP contribution in [0.25, 0.3) is 0 Å². The molecule has 4 heteroatoms. The Balaban J connectivity index is 1.60. The Morgan fingerprint density at radius 2 is 1.53 bits per heavy atom. The van der Waals surface area contributed by atoms with E-state index in [-0.39, 0.29) is 29.2 Å². The first-order valence-electron chi connectivity index (χ1n) is 15.9. The van der Waals surface area contributed by atoms with Crippen LogP contribution in [0.2, 0.25) is 0 Å². The van der Waals surface area contributed by atoms with Crippen molar-refractivity contribution in [3.8, 4) is 0 Å². The molecule has 0 fully saturated rings. The van der Waals surface area contributed by atoms with Crippen LogP contribution >= 0.6 is 0 Å². The van der Waals surface area contributed by atoms with Crippen molar-refractivity contribution in [2.75, 3.05) is 0 Å². The maximum atomic E-state index is 14.3. The Morgan fingerprint density at radius 1 is 0.930 bits per heavy atom. The number of allylic oxidation sites excluding steroid dienone is 3. The number of fused-ring (bicyclic) bond motifs is 3. The summed E-state index contributed by atoms with van der Waals surface area (Å²) in [5.74, 6) is -0.0131. The molecule has 6 atom stereocenters. The molecular weight excluding hydrogens is 532 g/mol. The SMILES string of the molecule is CCc1ccc(CC(=O)Cc2ccc3c(c2C)C(O)C2=C(C)C4(C)C(=O)C(C(C)=O)=C(C)CC4(C)C(C)C2(C)C3C)cc1. The van der Waals surface area contributed by atoms with E-state index in [9.17, 15) is 19.5 Å². The van der Waals surface area contributed by atoms with Gasteiger partial charge in [-0.3, -0.25) is 14.4 Å². The number of hydrogen-bond donors (Lipinski definition) is 1. The lowest BCUT2D eigenvalue weighted by Gasteiger charge is -2.65. The Morgan fingerprint density at radius 3 is 2.12 bits per heavy atom. The molecule has 3 aliphatic rings. The van der Waals surface area contributed by atoms with Crippen molar-refractivity contribution in [2.24, 2.45) is 22.2 Å². The van der Waals surface area contributed by atoms with Crippen LogP contribution in [-0.2, 0) is 33.6 Å². The molecular formula is C39H48O4. The maximum Gasteiger partial charge on any atom is 0.176 e. The minimum atomic E-state index is -0.908. The quantitative estimate of drug-likeness (QED) is 0.278. The number of benzene rings is 2. The highest BCUT2D eigenvalue weighted by molar-refractivity contribution is 6.23. The minimum absolute atomic E-state index is 0.0505. The molecule has 0 heterocycles. The third kappa shape index (κ3) is 4.23. The predicted molar refractivity (Wildman–Crippen MR) is 172 cm³/mol. The van der Waals surface area contributed by atoms with Crippen LogP contribution in [0.5, 0.6) is 0 Å². The highest BCUT2D eigenvalue weighted by Crippen LogP contribution is 2.72. The van der Waals surface area contributed by atoms with Gasteiger partial charge in [-0.25, -0.2) is 0 Å². The second-order valence-corrected chi connectivity index (χ2v) is 14.3. The van der Waals surface area contributed by atoms with Gasteiger partial charge >= 0.3 is 0 Å². The molecule has 43 heavy (non-hydrogen) atoms. The lowest BCUT2D eigenvalue weighted by molar-refractivity contribution is -0.141. The second kappa shape index (κ2) is 10.5. The average Bonchev–Trinajstić information content (AvgIpc) is 2.94. The summed E-state index contributed by atoms with van der Waals surface area (Å²) in [6, 6.07) is 12.5. The molecule has 0 radical (unpaired) electrons. The van der Waals surface area contributed by atoms with Crippen molar-refractivity contribution >= 4 is 17.3 Å². The van der Waals surface area contributed by atoms with Crippen molar-refractivity contribution in [1.82, 2.24) is 0 Å². The van der Waals surface area contributed by atoms with Gasteiger partial charge in [0, 0.05) is 18.3 Å². The van der Waals surface area contributed by atoms with Crippen molar-refractivity contribution in [1.29, 1.82) is 0 Å². The molecule has 0 aliphatic heterocycles. The maximum absolute atomic E-state index is 14.3. The monoisotopic (exact) mass is 580 g/mol. The smallest absolute Gasteiger partial charge is 0.176 e. The van der Waals surface area contributed by atoms with E-state index in [1.807, 2.05) is 39.8 Å². The number of ketones is 3. The van der Waals surface area contributed by atoms with Crippen molar-refractivity contribution in [3.05, 3.63) is 92.1 Å². The summed E-state index contributed by atoms with van der Waals surface area (Å²) in [7, 11) is 0. The predicted octanol–water partition coefficient (Wildman–Crippen LogP) is 7.93. The van der Waals surface area contributed by atoms with Gasteiger partial charge in [0.05, 0.1) is 11.0 Å². The molecule has 5 rings (SSSR count). The Hall–Kier alpha value is -3.11. The summed E-state index contributed by atoms with van der Waals surface area (Å²) in [5, 5.41) is 12.3. The summed E-state index contributed by atoms with van der Waals surface area (Å²) >= 11 is 0. The number of hydrogen-bond acceptors (Lipinski definition) is 4. The standard InChI is InChI=1S/C39H48O4/c1-11-27-12-14-28(15-13-27)18-30(41)19-29-16-17-31-23(4)38(9)26(7)37(8)20-21(2)32(25(6)40)36(43)39(37,10)24(5)34(38)35(42)33(31)22(29)3/h12-17,23,26,35,42H,11,18-20H2,1-10H3. The zero-order chi connectivity index (χ0) is 31.8. The van der Waals surface area contributed by atoms with Gasteiger partial charge in [-0.2, -0.15) is 0 Å². The Kier molecular flexibility index (Phi) is 7.65. The van der Waals surface area contributed by atoms with E-state index >= 15 is 0 Å². The third-order valence-electron chi connectivity index (χ3n) is 12.6. The van der Waals surface area contributed by atoms with Gasteiger partial charge in [0.1, 0.15) is 11.9 Å². The van der Waals surface area contributed by atoms with Gasteiger partial charge in [-0.15, -0.1) is 0 Å². The van der Waals surface area contributed by atoms with Crippen molar-refractivity contribution < 1.29 is 19.5 Å². The molecule has 0 spiro atoms. The summed E-state index contributed by atoms with van der Waals surface area (Å²) < 4.78 is 0. The third-order valence-corrected chi connectivity index (χ3v) is 12.6. The minimum Gasteiger partial charge on any atom is -0.384 e. The Labute approximate surface area is 257 Å². The number of aliphatic hydroxyl groups excluding tert-OH is 1. The Bertz CT molecular complexity index is 1600. The molecule has 2 aromatic rings. The number of aryl methyl sites for hydroxylation is 1. The normalized spacial score (nSPS) is 31.9. The topological polar surface area (TPSA) is 71.4 Å². The molecule has 0 amide bonds. The fraction of sp³-hybridized carbons (Fsp3) is 0.513. The summed E-state index contributed by atoms with van der Waals surface area (Å²) in [6.07, 6.45) is 1.43. The second-order valence-electron chi connectivity index (χ2n) is 14.3. The molecule has 0 saturated carbocycles. The summed E-state index contributed by atoms with van der Waals surface area (Å²) in [4.78, 5) is 40.2. The van der Waals surface area contributed by atoms with Crippen LogP contribution in [0.1, 0.15) is 114 Å². The first-order valence-corrected chi connectivity index (χ1v) is 15.9. The molecule has 6 unspecified atom stereocenters. The van der Waals surface area contributed by atoms with Gasteiger partial charge in [0.15, 0.2) is 11.6 Å². The van der Waals surface area contributed by atoms with E-state index in [1.54, 1.807) is 0 Å². The van der Waals surface area contributed by atoms with E-state index in [4.69, 9.17) is 0 Å². The van der Waals surface area contributed by atoms with Crippen LogP contribution in [-0.4, -0.2) is 22.5 Å².